The Hall–Kier alpha value is -0.580. The van der Waals surface area contributed by atoms with Crippen molar-refractivity contribution in [3.05, 3.63) is 28.2 Å². The van der Waals surface area contributed by atoms with E-state index in [0.29, 0.717) is 6.04 Å². The summed E-state index contributed by atoms with van der Waals surface area (Å²) in [6.07, 6.45) is 1.23. The van der Waals surface area contributed by atoms with Gasteiger partial charge in [0.15, 0.2) is 0 Å². The molecule has 2 rings (SSSR count). The third-order valence-corrected chi connectivity index (χ3v) is 5.00. The van der Waals surface area contributed by atoms with E-state index in [2.05, 4.69) is 57.8 Å². The van der Waals surface area contributed by atoms with Gasteiger partial charge in [-0.1, -0.05) is 13.0 Å². The Bertz CT molecular complexity index is 439. The number of nitrogens with two attached hydrogens (primary N) is 1. The molecule has 1 saturated heterocycles. The van der Waals surface area contributed by atoms with Gasteiger partial charge in [0.1, 0.15) is 0 Å². The molecule has 4 heteroatoms. The fraction of sp³-hybridized carbons (Fsp3) is 0.625. The van der Waals surface area contributed by atoms with Crippen LogP contribution in [0.2, 0.25) is 0 Å². The third kappa shape index (κ3) is 3.54. The van der Waals surface area contributed by atoms with E-state index in [0.717, 1.165) is 30.7 Å². The quantitative estimate of drug-likeness (QED) is 0.912. The molecule has 0 aromatic heterocycles. The SMILES string of the molecule is CCC(C)N1CCN(c2ccc([C@H](C)N)cc2Br)CC1. The van der Waals surface area contributed by atoms with E-state index >= 15 is 0 Å². The summed E-state index contributed by atoms with van der Waals surface area (Å²) in [5.74, 6) is 0. The summed E-state index contributed by atoms with van der Waals surface area (Å²) in [5.41, 5.74) is 8.41. The highest BCUT2D eigenvalue weighted by molar-refractivity contribution is 9.10. The van der Waals surface area contributed by atoms with Gasteiger partial charge in [-0.3, -0.25) is 4.90 Å². The first-order chi connectivity index (χ1) is 9.52. The molecule has 0 aliphatic carbocycles. The Kier molecular flexibility index (Phi) is 5.47. The molecule has 3 nitrogen and oxygen atoms in total. The highest BCUT2D eigenvalue weighted by atomic mass is 79.9. The van der Waals surface area contributed by atoms with Gasteiger partial charge in [0.2, 0.25) is 0 Å². The van der Waals surface area contributed by atoms with Gasteiger partial charge in [-0.05, 0) is 53.9 Å². The molecule has 1 heterocycles. The number of anilines is 1. The number of nitrogens with zero attached hydrogens (tertiary/aromatic N) is 2. The zero-order chi connectivity index (χ0) is 14.7. The van der Waals surface area contributed by atoms with Crippen LogP contribution in [0.5, 0.6) is 0 Å². The van der Waals surface area contributed by atoms with Crippen LogP contribution in [0.3, 0.4) is 0 Å². The van der Waals surface area contributed by atoms with E-state index < -0.39 is 0 Å². The van der Waals surface area contributed by atoms with Crippen molar-refractivity contribution in [3.8, 4) is 0 Å². The van der Waals surface area contributed by atoms with Crippen molar-refractivity contribution in [2.75, 3.05) is 31.1 Å². The van der Waals surface area contributed by atoms with Crippen molar-refractivity contribution in [3.63, 3.8) is 0 Å². The number of piperazine rings is 1. The van der Waals surface area contributed by atoms with Crippen molar-refractivity contribution >= 4 is 21.6 Å². The molecule has 0 saturated carbocycles. The lowest BCUT2D eigenvalue weighted by Crippen LogP contribution is -2.49. The zero-order valence-electron chi connectivity index (χ0n) is 12.8. The topological polar surface area (TPSA) is 32.5 Å². The van der Waals surface area contributed by atoms with Gasteiger partial charge in [0, 0.05) is 42.7 Å². The van der Waals surface area contributed by atoms with E-state index in [1.165, 1.54) is 17.7 Å². The minimum absolute atomic E-state index is 0.0857. The maximum atomic E-state index is 5.94. The van der Waals surface area contributed by atoms with Gasteiger partial charge >= 0.3 is 0 Å². The molecule has 2 N–H and O–H groups in total. The second kappa shape index (κ2) is 6.92. The number of hydrogen-bond donors (Lipinski definition) is 1. The zero-order valence-corrected chi connectivity index (χ0v) is 14.4. The van der Waals surface area contributed by atoms with E-state index in [9.17, 15) is 0 Å². The molecule has 2 atom stereocenters. The summed E-state index contributed by atoms with van der Waals surface area (Å²) in [7, 11) is 0. The Labute approximate surface area is 131 Å². The maximum absolute atomic E-state index is 5.94. The predicted molar refractivity (Wildman–Crippen MR) is 90.3 cm³/mol. The first-order valence-electron chi connectivity index (χ1n) is 7.57. The third-order valence-electron chi connectivity index (χ3n) is 4.37. The fourth-order valence-corrected chi connectivity index (χ4v) is 3.37. The van der Waals surface area contributed by atoms with Gasteiger partial charge in [-0.2, -0.15) is 0 Å². The van der Waals surface area contributed by atoms with Crippen molar-refractivity contribution in [1.29, 1.82) is 0 Å². The summed E-state index contributed by atoms with van der Waals surface area (Å²) >= 11 is 3.70. The van der Waals surface area contributed by atoms with E-state index in [1.54, 1.807) is 0 Å². The van der Waals surface area contributed by atoms with Crippen LogP contribution in [-0.2, 0) is 0 Å². The van der Waals surface area contributed by atoms with Crippen LogP contribution >= 0.6 is 15.9 Å². The summed E-state index contributed by atoms with van der Waals surface area (Å²) in [6.45, 7) is 11.1. The molecular formula is C16H26BrN3. The van der Waals surface area contributed by atoms with Crippen molar-refractivity contribution in [1.82, 2.24) is 4.90 Å². The van der Waals surface area contributed by atoms with Crippen LogP contribution in [0.4, 0.5) is 5.69 Å². The molecule has 112 valence electrons. The van der Waals surface area contributed by atoms with E-state index in [-0.39, 0.29) is 6.04 Å². The molecule has 0 bridgehead atoms. The summed E-state index contributed by atoms with van der Waals surface area (Å²) in [4.78, 5) is 5.05. The van der Waals surface area contributed by atoms with Crippen molar-refractivity contribution in [2.24, 2.45) is 5.73 Å². The van der Waals surface area contributed by atoms with Crippen LogP contribution in [0.15, 0.2) is 22.7 Å². The Morgan fingerprint density at radius 3 is 2.35 bits per heavy atom. The standard InChI is InChI=1S/C16H26BrN3/c1-4-12(2)19-7-9-20(10-8-19)16-6-5-14(13(3)18)11-15(16)17/h5-6,11-13H,4,7-10,18H2,1-3H3/t12?,13-/m0/s1. The lowest BCUT2D eigenvalue weighted by atomic mass is 10.1. The number of hydrogen-bond acceptors (Lipinski definition) is 3. The normalized spacial score (nSPS) is 19.9. The van der Waals surface area contributed by atoms with Crippen molar-refractivity contribution in [2.45, 2.75) is 39.3 Å². The first-order valence-corrected chi connectivity index (χ1v) is 8.36. The second-order valence-corrected chi connectivity index (χ2v) is 6.63. The minimum atomic E-state index is 0.0857. The Balaban J connectivity index is 2.04. The summed E-state index contributed by atoms with van der Waals surface area (Å²) in [5, 5.41) is 0. The molecule has 1 aliphatic heterocycles. The number of rotatable bonds is 4. The average molecular weight is 340 g/mol. The highest BCUT2D eigenvalue weighted by Gasteiger charge is 2.21. The van der Waals surface area contributed by atoms with Crippen LogP contribution in [0, 0.1) is 0 Å². The minimum Gasteiger partial charge on any atom is -0.368 e. The van der Waals surface area contributed by atoms with Gasteiger partial charge in [-0.15, -0.1) is 0 Å². The summed E-state index contributed by atoms with van der Waals surface area (Å²) in [6, 6.07) is 7.28. The maximum Gasteiger partial charge on any atom is 0.0511 e. The monoisotopic (exact) mass is 339 g/mol. The highest BCUT2D eigenvalue weighted by Crippen LogP contribution is 2.30. The molecule has 1 fully saturated rings. The molecular weight excluding hydrogens is 314 g/mol. The molecule has 20 heavy (non-hydrogen) atoms. The van der Waals surface area contributed by atoms with Gasteiger partial charge in [0.05, 0.1) is 5.69 Å². The molecule has 1 aromatic rings. The molecule has 0 amide bonds. The van der Waals surface area contributed by atoms with Crippen LogP contribution in [0.1, 0.15) is 38.8 Å². The second-order valence-electron chi connectivity index (χ2n) is 5.78. The van der Waals surface area contributed by atoms with Crippen LogP contribution < -0.4 is 10.6 Å². The lowest BCUT2D eigenvalue weighted by molar-refractivity contribution is 0.193. The first kappa shape index (κ1) is 15.8. The van der Waals surface area contributed by atoms with Gasteiger partial charge in [0.25, 0.3) is 0 Å². The Morgan fingerprint density at radius 1 is 1.20 bits per heavy atom. The molecule has 1 aliphatic rings. The number of halogens is 1. The number of benzene rings is 1. The predicted octanol–water partition coefficient (Wildman–Crippen LogP) is 3.39. The van der Waals surface area contributed by atoms with E-state index in [4.69, 9.17) is 5.73 Å². The smallest absolute Gasteiger partial charge is 0.0511 e. The van der Waals surface area contributed by atoms with Gasteiger partial charge < -0.3 is 10.6 Å². The molecule has 0 radical (unpaired) electrons. The van der Waals surface area contributed by atoms with Crippen LogP contribution in [-0.4, -0.2) is 37.1 Å². The van der Waals surface area contributed by atoms with Crippen LogP contribution in [0.25, 0.3) is 0 Å². The van der Waals surface area contributed by atoms with Gasteiger partial charge in [-0.25, -0.2) is 0 Å². The molecule has 1 aromatic carbocycles. The largest absolute Gasteiger partial charge is 0.368 e. The Morgan fingerprint density at radius 2 is 1.85 bits per heavy atom. The fourth-order valence-electron chi connectivity index (χ4n) is 2.72. The average Bonchev–Trinajstić information content (AvgIpc) is 2.46. The van der Waals surface area contributed by atoms with E-state index in [1.807, 2.05) is 6.92 Å². The summed E-state index contributed by atoms with van der Waals surface area (Å²) < 4.78 is 1.16. The lowest BCUT2D eigenvalue weighted by Gasteiger charge is -2.39. The molecule has 1 unspecified atom stereocenters. The molecule has 0 spiro atoms. The van der Waals surface area contributed by atoms with Crippen molar-refractivity contribution < 1.29 is 0 Å².